The summed E-state index contributed by atoms with van der Waals surface area (Å²) in [6.07, 6.45) is 0.366. The molecule has 0 aliphatic carbocycles. The van der Waals surface area contributed by atoms with Gasteiger partial charge in [-0.25, -0.2) is 0 Å². The molecular weight excluding hydrogens is 292 g/mol. The van der Waals surface area contributed by atoms with Crippen molar-refractivity contribution in [3.63, 3.8) is 0 Å². The lowest BCUT2D eigenvalue weighted by molar-refractivity contribution is -0.116. The summed E-state index contributed by atoms with van der Waals surface area (Å²) in [5, 5.41) is 6.50. The second kappa shape index (κ2) is 7.52. The number of carbonyl (C=O) groups excluding carboxylic acids is 1. The van der Waals surface area contributed by atoms with Gasteiger partial charge in [-0.05, 0) is 20.8 Å². The average molecular weight is 315 g/mol. The number of nitrogens with one attached hydrogen (secondary N) is 2. The van der Waals surface area contributed by atoms with Gasteiger partial charge in [-0.2, -0.15) is 0 Å². The fourth-order valence-electron chi connectivity index (χ4n) is 1.72. The number of ether oxygens (including phenoxy) is 2. The third-order valence-electron chi connectivity index (χ3n) is 2.76. The van der Waals surface area contributed by atoms with Crippen molar-refractivity contribution in [3.8, 4) is 11.5 Å². The molecule has 2 N–H and O–H groups in total. The van der Waals surface area contributed by atoms with Crippen LogP contribution < -0.4 is 20.1 Å². The van der Waals surface area contributed by atoms with Gasteiger partial charge in [0.05, 0.1) is 24.9 Å². The van der Waals surface area contributed by atoms with E-state index in [0.717, 1.165) is 0 Å². The second-order valence-corrected chi connectivity index (χ2v) is 6.07. The molecule has 0 radical (unpaired) electrons. The Kier molecular flexibility index (Phi) is 6.30. The van der Waals surface area contributed by atoms with Crippen molar-refractivity contribution in [2.75, 3.05) is 26.1 Å². The van der Waals surface area contributed by atoms with Crippen LogP contribution in [0.4, 0.5) is 5.69 Å². The molecule has 0 spiro atoms. The van der Waals surface area contributed by atoms with Gasteiger partial charge in [0.15, 0.2) is 0 Å². The molecule has 0 bridgehead atoms. The predicted octanol–water partition coefficient (Wildman–Crippen LogP) is 3.07. The Balaban J connectivity index is 2.71. The molecule has 5 nitrogen and oxygen atoms in total. The van der Waals surface area contributed by atoms with Gasteiger partial charge in [0, 0.05) is 30.6 Å². The Morgan fingerprint density at radius 1 is 1.19 bits per heavy atom. The van der Waals surface area contributed by atoms with Crippen LogP contribution in [0.15, 0.2) is 12.1 Å². The molecule has 0 aliphatic heterocycles. The fourth-order valence-corrected chi connectivity index (χ4v) is 1.95. The Labute approximate surface area is 131 Å². The van der Waals surface area contributed by atoms with E-state index in [2.05, 4.69) is 31.4 Å². The van der Waals surface area contributed by atoms with E-state index in [-0.39, 0.29) is 11.4 Å². The van der Waals surface area contributed by atoms with Crippen molar-refractivity contribution in [2.24, 2.45) is 0 Å². The maximum atomic E-state index is 12.0. The normalized spacial score (nSPS) is 11.1. The van der Waals surface area contributed by atoms with Gasteiger partial charge in [-0.1, -0.05) is 11.6 Å². The molecule has 1 amide bonds. The lowest BCUT2D eigenvalue weighted by Crippen LogP contribution is -2.37. The van der Waals surface area contributed by atoms with Crippen LogP contribution in [0.1, 0.15) is 27.2 Å². The Morgan fingerprint density at radius 2 is 1.81 bits per heavy atom. The zero-order chi connectivity index (χ0) is 16.0. The quantitative estimate of drug-likeness (QED) is 0.847. The molecule has 0 saturated carbocycles. The minimum absolute atomic E-state index is 0.0124. The lowest BCUT2D eigenvalue weighted by atomic mass is 10.1. The first-order chi connectivity index (χ1) is 9.76. The first kappa shape index (κ1) is 17.6. The van der Waals surface area contributed by atoms with Crippen LogP contribution in [0.25, 0.3) is 0 Å². The van der Waals surface area contributed by atoms with Crippen LogP contribution in [0.5, 0.6) is 11.5 Å². The van der Waals surface area contributed by atoms with Crippen LogP contribution in [0.3, 0.4) is 0 Å². The smallest absolute Gasteiger partial charge is 0.225 e. The summed E-state index contributed by atoms with van der Waals surface area (Å²) in [4.78, 5) is 12.0. The van der Waals surface area contributed by atoms with Gasteiger partial charge in [-0.15, -0.1) is 0 Å². The Morgan fingerprint density at radius 3 is 2.33 bits per heavy atom. The zero-order valence-electron chi connectivity index (χ0n) is 13.2. The Hall–Kier alpha value is -1.46. The number of hydrogen-bond donors (Lipinski definition) is 2. The van der Waals surface area contributed by atoms with Crippen LogP contribution in [-0.4, -0.2) is 32.2 Å². The molecule has 0 unspecified atom stereocenters. The van der Waals surface area contributed by atoms with E-state index in [1.54, 1.807) is 12.1 Å². The molecule has 0 heterocycles. The zero-order valence-corrected chi connectivity index (χ0v) is 13.9. The molecular formula is C15H23ClN2O3. The molecule has 6 heteroatoms. The number of hydrogen-bond acceptors (Lipinski definition) is 4. The van der Waals surface area contributed by atoms with Crippen molar-refractivity contribution >= 4 is 23.2 Å². The summed E-state index contributed by atoms with van der Waals surface area (Å²) in [5.41, 5.74) is 0.529. The van der Waals surface area contributed by atoms with Gasteiger partial charge in [0.1, 0.15) is 11.5 Å². The van der Waals surface area contributed by atoms with Crippen molar-refractivity contribution in [3.05, 3.63) is 17.2 Å². The Bertz CT molecular complexity index is 498. The van der Waals surface area contributed by atoms with Crippen molar-refractivity contribution in [1.82, 2.24) is 5.32 Å². The predicted molar refractivity (Wildman–Crippen MR) is 85.6 cm³/mol. The van der Waals surface area contributed by atoms with Crippen LogP contribution in [-0.2, 0) is 4.79 Å². The van der Waals surface area contributed by atoms with E-state index >= 15 is 0 Å². The third-order valence-corrected chi connectivity index (χ3v) is 3.05. The fraction of sp³-hybridized carbons (Fsp3) is 0.533. The van der Waals surface area contributed by atoms with E-state index in [1.165, 1.54) is 14.2 Å². The molecule has 0 aliphatic rings. The summed E-state index contributed by atoms with van der Waals surface area (Å²) >= 11 is 6.02. The van der Waals surface area contributed by atoms with E-state index in [1.807, 2.05) is 0 Å². The first-order valence-corrected chi connectivity index (χ1v) is 7.11. The van der Waals surface area contributed by atoms with E-state index in [0.29, 0.717) is 35.2 Å². The lowest BCUT2D eigenvalue weighted by Gasteiger charge is -2.20. The highest BCUT2D eigenvalue weighted by Gasteiger charge is 2.13. The molecule has 0 aromatic heterocycles. The summed E-state index contributed by atoms with van der Waals surface area (Å²) in [6, 6.07) is 3.26. The number of rotatable bonds is 6. The van der Waals surface area contributed by atoms with Crippen LogP contribution in [0.2, 0.25) is 5.02 Å². The molecule has 21 heavy (non-hydrogen) atoms. The standard InChI is InChI=1S/C15H23ClN2O3/c1-15(2,3)17-7-6-14(19)18-11-9-12(20-4)10(16)8-13(11)21-5/h8-9,17H,6-7H2,1-5H3,(H,18,19). The summed E-state index contributed by atoms with van der Waals surface area (Å²) < 4.78 is 10.4. The maximum Gasteiger partial charge on any atom is 0.225 e. The van der Waals surface area contributed by atoms with Gasteiger partial charge < -0.3 is 20.1 Å². The molecule has 1 rings (SSSR count). The number of methoxy groups -OCH3 is 2. The third kappa shape index (κ3) is 5.81. The SMILES string of the molecule is COc1cc(NC(=O)CCNC(C)(C)C)c(OC)cc1Cl. The number of amides is 1. The average Bonchev–Trinajstić information content (AvgIpc) is 2.38. The molecule has 0 saturated heterocycles. The molecule has 0 atom stereocenters. The highest BCUT2D eigenvalue weighted by atomic mass is 35.5. The van der Waals surface area contributed by atoms with Crippen LogP contribution in [0, 0.1) is 0 Å². The number of halogens is 1. The van der Waals surface area contributed by atoms with Gasteiger partial charge in [0.2, 0.25) is 5.91 Å². The highest BCUT2D eigenvalue weighted by molar-refractivity contribution is 6.32. The molecule has 0 fully saturated rings. The number of carbonyl (C=O) groups is 1. The van der Waals surface area contributed by atoms with E-state index in [9.17, 15) is 4.79 Å². The van der Waals surface area contributed by atoms with E-state index < -0.39 is 0 Å². The summed E-state index contributed by atoms with van der Waals surface area (Å²) in [6.45, 7) is 6.76. The first-order valence-electron chi connectivity index (χ1n) is 6.73. The maximum absolute atomic E-state index is 12.0. The number of benzene rings is 1. The van der Waals surface area contributed by atoms with Crippen molar-refractivity contribution < 1.29 is 14.3 Å². The minimum atomic E-state index is -0.102. The summed E-state index contributed by atoms with van der Waals surface area (Å²) in [5.74, 6) is 0.882. The molecule has 118 valence electrons. The van der Waals surface area contributed by atoms with Gasteiger partial charge in [0.25, 0.3) is 0 Å². The topological polar surface area (TPSA) is 59.6 Å². The van der Waals surface area contributed by atoms with Crippen molar-refractivity contribution in [1.29, 1.82) is 0 Å². The summed E-state index contributed by atoms with van der Waals surface area (Å²) in [7, 11) is 3.04. The molecule has 1 aromatic carbocycles. The van der Waals surface area contributed by atoms with Crippen LogP contribution >= 0.6 is 11.6 Å². The minimum Gasteiger partial charge on any atom is -0.495 e. The monoisotopic (exact) mass is 314 g/mol. The van der Waals surface area contributed by atoms with E-state index in [4.69, 9.17) is 21.1 Å². The second-order valence-electron chi connectivity index (χ2n) is 5.66. The molecule has 1 aromatic rings. The van der Waals surface area contributed by atoms with Gasteiger partial charge in [-0.3, -0.25) is 4.79 Å². The number of anilines is 1. The van der Waals surface area contributed by atoms with Crippen molar-refractivity contribution in [2.45, 2.75) is 32.7 Å². The largest absolute Gasteiger partial charge is 0.495 e. The van der Waals surface area contributed by atoms with Gasteiger partial charge >= 0.3 is 0 Å². The highest BCUT2D eigenvalue weighted by Crippen LogP contribution is 2.35.